The van der Waals surface area contributed by atoms with E-state index < -0.39 is 6.60 Å². The first-order valence-corrected chi connectivity index (χ1v) is 7.52. The number of hydrogen-bond acceptors (Lipinski definition) is 1. The van der Waals surface area contributed by atoms with E-state index in [1.807, 2.05) is 0 Å². The molecule has 0 fully saturated rings. The molecule has 0 aliphatic carbocycles. The van der Waals surface area contributed by atoms with Crippen LogP contribution in [0.1, 0.15) is 27.7 Å². The number of rotatable bonds is 4. The molecule has 1 nitrogen and oxygen atoms in total. The molecule has 0 saturated heterocycles. The van der Waals surface area contributed by atoms with Gasteiger partial charge < -0.3 is 0 Å². The van der Waals surface area contributed by atoms with Crippen LogP contribution in [0.15, 0.2) is 0 Å². The Labute approximate surface area is 70.7 Å². The maximum atomic E-state index is 9.24. The number of nitrogens with zero attached hydrogens (tertiary/aromatic N) is 1. The number of nitriles is 1. The Hall–Kier alpha value is -0.0800. The van der Waals surface area contributed by atoms with Crippen LogP contribution in [0.5, 0.6) is 0 Å². The second-order valence-corrected chi connectivity index (χ2v) is 10.0. The molecular weight excluding hydrogens is 153 g/mol. The molecule has 0 rings (SSSR count). The summed E-state index contributed by atoms with van der Waals surface area (Å²) < 4.78 is 0. The summed E-state index contributed by atoms with van der Waals surface area (Å²) in [6, 6.07) is 0. The average Bonchev–Trinajstić information content (AvgIpc) is 2.12. The van der Waals surface area contributed by atoms with E-state index in [0.717, 1.165) is 24.6 Å². The van der Waals surface area contributed by atoms with E-state index in [4.69, 9.17) is 0 Å². The first-order chi connectivity index (χ1) is 5.12. The standard InChI is InChI=1S/C9H20NP/c1-5-11(6-2,7-3,8-4)9-10/h5-8H2,1-4H3. The van der Waals surface area contributed by atoms with Gasteiger partial charge in [-0.1, -0.05) is 0 Å². The van der Waals surface area contributed by atoms with E-state index in [9.17, 15) is 5.26 Å². The maximum absolute atomic E-state index is 9.24. The summed E-state index contributed by atoms with van der Waals surface area (Å²) in [7, 11) is 0. The molecule has 0 saturated carbocycles. The van der Waals surface area contributed by atoms with Gasteiger partial charge in [0, 0.05) is 0 Å². The van der Waals surface area contributed by atoms with Gasteiger partial charge >= 0.3 is 70.0 Å². The minimum absolute atomic E-state index is 1.10. The van der Waals surface area contributed by atoms with E-state index >= 15 is 0 Å². The van der Waals surface area contributed by atoms with Crippen molar-refractivity contribution in [2.75, 3.05) is 24.6 Å². The quantitative estimate of drug-likeness (QED) is 0.599. The molecule has 0 aliphatic heterocycles. The van der Waals surface area contributed by atoms with Crippen LogP contribution in [-0.4, -0.2) is 24.6 Å². The van der Waals surface area contributed by atoms with Gasteiger partial charge in [0.25, 0.3) is 0 Å². The molecule has 66 valence electrons. The summed E-state index contributed by atoms with van der Waals surface area (Å²) in [6.45, 7) is 6.84. The zero-order chi connectivity index (χ0) is 8.98. The third-order valence-electron chi connectivity index (χ3n) is 3.60. The van der Waals surface area contributed by atoms with E-state index in [1.165, 1.54) is 0 Å². The molecule has 0 amide bonds. The van der Waals surface area contributed by atoms with Crippen LogP contribution in [0.2, 0.25) is 0 Å². The van der Waals surface area contributed by atoms with E-state index in [0.29, 0.717) is 0 Å². The zero-order valence-electron chi connectivity index (χ0n) is 8.22. The molecule has 0 N–H and O–H groups in total. The SMILES string of the molecule is CCP(C#N)(CC)(CC)CC. The van der Waals surface area contributed by atoms with Gasteiger partial charge in [-0.2, -0.15) is 0 Å². The van der Waals surface area contributed by atoms with Crippen molar-refractivity contribution in [1.29, 1.82) is 5.26 Å². The van der Waals surface area contributed by atoms with Crippen LogP contribution < -0.4 is 0 Å². The van der Waals surface area contributed by atoms with Crippen molar-refractivity contribution in [2.24, 2.45) is 0 Å². The van der Waals surface area contributed by atoms with Crippen molar-refractivity contribution < 1.29 is 0 Å². The third-order valence-corrected chi connectivity index (χ3v) is 10.8. The van der Waals surface area contributed by atoms with Crippen LogP contribution in [-0.2, 0) is 0 Å². The van der Waals surface area contributed by atoms with Crippen LogP contribution in [0, 0.1) is 11.1 Å². The van der Waals surface area contributed by atoms with Crippen LogP contribution >= 0.6 is 6.60 Å². The Morgan fingerprint density at radius 3 is 1.18 bits per heavy atom. The van der Waals surface area contributed by atoms with Crippen molar-refractivity contribution >= 4 is 6.60 Å². The second kappa shape index (κ2) is 3.55. The Bertz CT molecular complexity index is 141. The van der Waals surface area contributed by atoms with Gasteiger partial charge in [0.2, 0.25) is 0 Å². The first kappa shape index (κ1) is 10.9. The van der Waals surface area contributed by atoms with Crippen molar-refractivity contribution in [3.63, 3.8) is 0 Å². The molecule has 0 atom stereocenters. The molecule has 0 aromatic heterocycles. The van der Waals surface area contributed by atoms with Crippen molar-refractivity contribution in [3.05, 3.63) is 0 Å². The monoisotopic (exact) mass is 173 g/mol. The van der Waals surface area contributed by atoms with Gasteiger partial charge in [-0.15, -0.1) is 0 Å². The fourth-order valence-electron chi connectivity index (χ4n) is 1.62. The first-order valence-electron chi connectivity index (χ1n) is 4.54. The van der Waals surface area contributed by atoms with Gasteiger partial charge in [0.15, 0.2) is 0 Å². The summed E-state index contributed by atoms with van der Waals surface area (Å²) in [5.74, 6) is 2.66. The third kappa shape index (κ3) is 1.57. The van der Waals surface area contributed by atoms with Gasteiger partial charge in [0.05, 0.1) is 0 Å². The molecule has 0 aromatic rings. The van der Waals surface area contributed by atoms with E-state index in [2.05, 4.69) is 33.5 Å². The molecule has 11 heavy (non-hydrogen) atoms. The normalized spacial score (nSPS) is 15.0. The fraction of sp³-hybridized carbons (Fsp3) is 0.889. The molecule has 0 heterocycles. The fourth-order valence-corrected chi connectivity index (χ4v) is 4.87. The van der Waals surface area contributed by atoms with Gasteiger partial charge in [-0.05, 0) is 0 Å². The van der Waals surface area contributed by atoms with Gasteiger partial charge in [-0.3, -0.25) is 0 Å². The molecule has 0 radical (unpaired) electrons. The minimum atomic E-state index is -1.87. The summed E-state index contributed by atoms with van der Waals surface area (Å²) in [5, 5.41) is 9.24. The van der Waals surface area contributed by atoms with Crippen LogP contribution in [0.4, 0.5) is 0 Å². The van der Waals surface area contributed by atoms with Crippen molar-refractivity contribution in [1.82, 2.24) is 0 Å². The summed E-state index contributed by atoms with van der Waals surface area (Å²) >= 11 is 0. The molecule has 0 unspecified atom stereocenters. The molecule has 0 spiro atoms. The summed E-state index contributed by atoms with van der Waals surface area (Å²) in [4.78, 5) is 0. The molecule has 0 aliphatic rings. The molecule has 2 heteroatoms. The molecule has 0 aromatic carbocycles. The molecular formula is C9H20NP. The predicted molar refractivity (Wildman–Crippen MR) is 54.7 cm³/mol. The van der Waals surface area contributed by atoms with Gasteiger partial charge in [0.1, 0.15) is 0 Å². The number of hydrogen-bond donors (Lipinski definition) is 0. The average molecular weight is 173 g/mol. The second-order valence-electron chi connectivity index (χ2n) is 3.34. The Morgan fingerprint density at radius 1 is 0.909 bits per heavy atom. The Balaban J connectivity index is 4.87. The Morgan fingerprint density at radius 2 is 1.18 bits per heavy atom. The van der Waals surface area contributed by atoms with Crippen molar-refractivity contribution in [3.8, 4) is 5.81 Å². The summed E-state index contributed by atoms with van der Waals surface area (Å²) in [5.41, 5.74) is 0. The van der Waals surface area contributed by atoms with E-state index in [1.54, 1.807) is 0 Å². The predicted octanol–water partition coefficient (Wildman–Crippen LogP) is 3.10. The topological polar surface area (TPSA) is 23.8 Å². The molecule has 0 bridgehead atoms. The Kier molecular flexibility index (Phi) is 3.52. The van der Waals surface area contributed by atoms with E-state index in [-0.39, 0.29) is 0 Å². The van der Waals surface area contributed by atoms with Crippen LogP contribution in [0.3, 0.4) is 0 Å². The van der Waals surface area contributed by atoms with Gasteiger partial charge in [-0.25, -0.2) is 0 Å². The zero-order valence-corrected chi connectivity index (χ0v) is 9.12. The van der Waals surface area contributed by atoms with Crippen LogP contribution in [0.25, 0.3) is 0 Å². The summed E-state index contributed by atoms with van der Waals surface area (Å²) in [6.07, 6.45) is 4.41. The van der Waals surface area contributed by atoms with Crippen molar-refractivity contribution in [2.45, 2.75) is 27.7 Å².